The van der Waals surface area contributed by atoms with Gasteiger partial charge in [-0.15, -0.1) is 0 Å². The number of oxazole rings is 2. The Balaban J connectivity index is 1.19. The molecule has 0 saturated carbocycles. The van der Waals surface area contributed by atoms with E-state index in [4.69, 9.17) is 23.8 Å². The molecule has 1 aliphatic rings. The van der Waals surface area contributed by atoms with E-state index in [0.29, 0.717) is 11.8 Å². The van der Waals surface area contributed by atoms with Crippen LogP contribution >= 0.6 is 0 Å². The van der Waals surface area contributed by atoms with Crippen molar-refractivity contribution in [3.8, 4) is 56.6 Å². The maximum absolute atomic E-state index is 6.28. The molecule has 3 aromatic heterocycles. The number of nitrogens with zero attached hydrogens (tertiary/aromatic N) is 3. The van der Waals surface area contributed by atoms with Crippen LogP contribution in [0, 0.1) is 0 Å². The fourth-order valence-electron chi connectivity index (χ4n) is 7.43. The quantitative estimate of drug-likeness (QED) is 0.193. The summed E-state index contributed by atoms with van der Waals surface area (Å²) in [6.07, 6.45) is 0. The monoisotopic (exact) mass is 631 g/mol. The number of para-hydroxylation sites is 4. The Labute approximate surface area is 282 Å². The molecule has 9 aromatic rings. The Hall–Kier alpha value is -6.33. The highest BCUT2D eigenvalue weighted by atomic mass is 16.4. The minimum atomic E-state index is -0.107. The fourth-order valence-corrected chi connectivity index (χ4v) is 7.43. The van der Waals surface area contributed by atoms with E-state index >= 15 is 0 Å². The van der Waals surface area contributed by atoms with Crippen LogP contribution in [0.4, 0.5) is 0 Å². The van der Waals surface area contributed by atoms with Crippen molar-refractivity contribution in [3.63, 3.8) is 0 Å². The molecule has 232 valence electrons. The minimum Gasteiger partial charge on any atom is -0.436 e. The van der Waals surface area contributed by atoms with Gasteiger partial charge in [0.05, 0.1) is 11.4 Å². The van der Waals surface area contributed by atoms with E-state index in [2.05, 4.69) is 98.8 Å². The van der Waals surface area contributed by atoms with Crippen molar-refractivity contribution < 1.29 is 8.83 Å². The van der Waals surface area contributed by atoms with Gasteiger partial charge in [-0.05, 0) is 82.2 Å². The van der Waals surface area contributed by atoms with E-state index in [1.165, 1.54) is 22.3 Å². The van der Waals surface area contributed by atoms with Gasteiger partial charge < -0.3 is 8.83 Å². The van der Waals surface area contributed by atoms with Gasteiger partial charge in [-0.25, -0.2) is 15.0 Å². The fraction of sp³-hybridized carbons (Fsp3) is 0.0682. The van der Waals surface area contributed by atoms with Gasteiger partial charge >= 0.3 is 0 Å². The molecule has 0 spiro atoms. The first-order valence-electron chi connectivity index (χ1n) is 16.5. The van der Waals surface area contributed by atoms with Crippen LogP contribution in [0.1, 0.15) is 25.0 Å². The highest BCUT2D eigenvalue weighted by Gasteiger charge is 2.35. The summed E-state index contributed by atoms with van der Waals surface area (Å²) in [6.45, 7) is 4.62. The molecule has 6 aromatic carbocycles. The van der Waals surface area contributed by atoms with Crippen molar-refractivity contribution >= 4 is 33.0 Å². The van der Waals surface area contributed by atoms with E-state index < -0.39 is 0 Å². The Morgan fingerprint density at radius 1 is 0.469 bits per heavy atom. The predicted octanol–water partition coefficient (Wildman–Crippen LogP) is 11.5. The zero-order valence-corrected chi connectivity index (χ0v) is 26.9. The maximum Gasteiger partial charge on any atom is 0.227 e. The van der Waals surface area contributed by atoms with Crippen molar-refractivity contribution in [2.75, 3.05) is 0 Å². The molecule has 0 saturated heterocycles. The number of hydrogen-bond donors (Lipinski definition) is 0. The van der Waals surface area contributed by atoms with Crippen LogP contribution in [-0.4, -0.2) is 15.0 Å². The largest absolute Gasteiger partial charge is 0.436 e. The molecule has 1 aliphatic carbocycles. The predicted molar refractivity (Wildman–Crippen MR) is 196 cm³/mol. The molecule has 49 heavy (non-hydrogen) atoms. The summed E-state index contributed by atoms with van der Waals surface area (Å²) in [4.78, 5) is 15.1. The lowest BCUT2D eigenvalue weighted by molar-refractivity contribution is 0.617. The topological polar surface area (TPSA) is 65.0 Å². The second-order valence-electron chi connectivity index (χ2n) is 13.3. The Morgan fingerprint density at radius 3 is 1.78 bits per heavy atom. The molecule has 0 unspecified atom stereocenters. The molecule has 0 bridgehead atoms. The van der Waals surface area contributed by atoms with Gasteiger partial charge in [-0.1, -0.05) is 98.8 Å². The smallest absolute Gasteiger partial charge is 0.227 e. The molecule has 0 aliphatic heterocycles. The van der Waals surface area contributed by atoms with E-state index in [0.717, 1.165) is 66.6 Å². The summed E-state index contributed by atoms with van der Waals surface area (Å²) >= 11 is 0. The lowest BCUT2D eigenvalue weighted by Gasteiger charge is -2.22. The minimum absolute atomic E-state index is 0.107. The molecule has 0 N–H and O–H groups in total. The normalized spacial score (nSPS) is 13.3. The van der Waals surface area contributed by atoms with Crippen molar-refractivity contribution in [3.05, 3.63) is 151 Å². The Bertz CT molecular complexity index is 2610. The van der Waals surface area contributed by atoms with Gasteiger partial charge in [0.15, 0.2) is 11.2 Å². The Kier molecular flexibility index (Phi) is 5.85. The summed E-state index contributed by atoms with van der Waals surface area (Å²) in [5.74, 6) is 1.06. The number of pyridine rings is 1. The average Bonchev–Trinajstić information content (AvgIpc) is 3.84. The summed E-state index contributed by atoms with van der Waals surface area (Å²) in [5, 5.41) is 2.17. The molecule has 0 atom stereocenters. The molecule has 0 fully saturated rings. The van der Waals surface area contributed by atoms with Gasteiger partial charge in [0.1, 0.15) is 11.0 Å². The summed E-state index contributed by atoms with van der Waals surface area (Å²) < 4.78 is 12.6. The third-order valence-corrected chi connectivity index (χ3v) is 9.91. The van der Waals surface area contributed by atoms with Gasteiger partial charge in [0, 0.05) is 33.1 Å². The van der Waals surface area contributed by atoms with Gasteiger partial charge in [-0.2, -0.15) is 0 Å². The molecular formula is C44H29N3O2. The van der Waals surface area contributed by atoms with Crippen LogP contribution in [0.25, 0.3) is 89.5 Å². The third-order valence-electron chi connectivity index (χ3n) is 9.91. The molecule has 0 amide bonds. The van der Waals surface area contributed by atoms with E-state index in [1.807, 2.05) is 54.6 Å². The first kappa shape index (κ1) is 27.8. The van der Waals surface area contributed by atoms with Crippen molar-refractivity contribution in [1.82, 2.24) is 15.0 Å². The molecule has 3 heterocycles. The summed E-state index contributed by atoms with van der Waals surface area (Å²) in [7, 11) is 0. The van der Waals surface area contributed by atoms with E-state index in [1.54, 1.807) is 0 Å². The first-order valence-corrected chi connectivity index (χ1v) is 16.5. The highest BCUT2D eigenvalue weighted by Crippen LogP contribution is 2.49. The average molecular weight is 632 g/mol. The summed E-state index contributed by atoms with van der Waals surface area (Å²) in [5.41, 5.74) is 13.7. The number of benzene rings is 6. The van der Waals surface area contributed by atoms with Crippen LogP contribution in [0.2, 0.25) is 0 Å². The van der Waals surface area contributed by atoms with E-state index in [9.17, 15) is 0 Å². The van der Waals surface area contributed by atoms with Crippen molar-refractivity contribution in [2.45, 2.75) is 19.3 Å². The number of rotatable bonds is 4. The van der Waals surface area contributed by atoms with Gasteiger partial charge in [0.25, 0.3) is 0 Å². The molecule has 10 rings (SSSR count). The van der Waals surface area contributed by atoms with Crippen LogP contribution < -0.4 is 0 Å². The first-order chi connectivity index (χ1) is 24.0. The second-order valence-corrected chi connectivity index (χ2v) is 13.3. The van der Waals surface area contributed by atoms with Crippen LogP contribution in [-0.2, 0) is 5.41 Å². The zero-order valence-electron chi connectivity index (χ0n) is 26.9. The second kappa shape index (κ2) is 10.3. The van der Waals surface area contributed by atoms with Crippen LogP contribution in [0.5, 0.6) is 0 Å². The SMILES string of the molecule is CC1(C)c2ccccc2-c2ccc(-c3cc4ccccc4c(-c4cc(-c5nc6ccccc6o5)cc(-c5nc6ccccc6o5)c4)n3)cc21. The molecule has 5 nitrogen and oxygen atoms in total. The number of fused-ring (bicyclic) bond motifs is 6. The summed E-state index contributed by atoms with van der Waals surface area (Å²) in [6, 6.07) is 48.1. The molecule has 0 radical (unpaired) electrons. The van der Waals surface area contributed by atoms with E-state index in [-0.39, 0.29) is 5.41 Å². The van der Waals surface area contributed by atoms with Gasteiger partial charge in [-0.3, -0.25) is 0 Å². The standard InChI is InChI=1S/C44H29N3O2/c1-44(2)34-14-6-5-13-32(34)33-20-19-27(24-35(33)44)38-25-26-11-3-4-12-31(26)41(45-38)28-21-29(42-46-36-15-7-9-17-39(36)48-42)23-30(22-28)43-47-37-16-8-10-18-40(37)49-43/h3-25H,1-2H3. The highest BCUT2D eigenvalue weighted by molar-refractivity contribution is 5.98. The van der Waals surface area contributed by atoms with Gasteiger partial charge in [0.2, 0.25) is 11.8 Å². The molecular weight excluding hydrogens is 603 g/mol. The lowest BCUT2D eigenvalue weighted by Crippen LogP contribution is -2.14. The molecule has 5 heteroatoms. The zero-order chi connectivity index (χ0) is 32.7. The maximum atomic E-state index is 6.28. The lowest BCUT2D eigenvalue weighted by atomic mass is 9.82. The third kappa shape index (κ3) is 4.36. The van der Waals surface area contributed by atoms with Crippen LogP contribution in [0.15, 0.2) is 148 Å². The van der Waals surface area contributed by atoms with Crippen LogP contribution in [0.3, 0.4) is 0 Å². The Morgan fingerprint density at radius 2 is 1.06 bits per heavy atom. The number of hydrogen-bond acceptors (Lipinski definition) is 5. The van der Waals surface area contributed by atoms with Crippen molar-refractivity contribution in [1.29, 1.82) is 0 Å². The van der Waals surface area contributed by atoms with Crippen molar-refractivity contribution in [2.24, 2.45) is 0 Å². The number of aromatic nitrogens is 3.